The number of nitrogens with one attached hydrogen (secondary N) is 1. The molecule has 0 spiro atoms. The van der Waals surface area contributed by atoms with Crippen molar-refractivity contribution in [3.8, 4) is 0 Å². The fraction of sp³-hybridized carbons (Fsp3) is 0.632. The predicted octanol–water partition coefficient (Wildman–Crippen LogP) is 2.80. The SMILES string of the molecule is Cc1cc(Cl)ccc1N(CC(=O)NCCCN1CCCCCC1)S(C)(=O)=O. The monoisotopic (exact) mass is 415 g/mol. The number of aryl methyl sites for hydroxylation is 1. The second-order valence-corrected chi connectivity index (χ2v) is 9.50. The van der Waals surface area contributed by atoms with Gasteiger partial charge in [0.05, 0.1) is 11.9 Å². The van der Waals surface area contributed by atoms with Gasteiger partial charge >= 0.3 is 0 Å². The van der Waals surface area contributed by atoms with Gasteiger partial charge in [-0.05, 0) is 69.6 Å². The molecule has 0 bridgehead atoms. The van der Waals surface area contributed by atoms with E-state index in [4.69, 9.17) is 11.6 Å². The highest BCUT2D eigenvalue weighted by molar-refractivity contribution is 7.92. The molecule has 1 fully saturated rings. The summed E-state index contributed by atoms with van der Waals surface area (Å²) in [6, 6.07) is 4.95. The number of hydrogen-bond donors (Lipinski definition) is 1. The number of carbonyl (C=O) groups excluding carboxylic acids is 1. The molecule has 1 amide bonds. The summed E-state index contributed by atoms with van der Waals surface area (Å²) in [5.74, 6) is -0.300. The van der Waals surface area contributed by atoms with Crippen molar-refractivity contribution in [2.75, 3.05) is 43.3 Å². The smallest absolute Gasteiger partial charge is 0.240 e. The molecular weight excluding hydrogens is 386 g/mol. The Bertz CT molecular complexity index is 732. The van der Waals surface area contributed by atoms with Gasteiger partial charge in [0, 0.05) is 11.6 Å². The van der Waals surface area contributed by atoms with E-state index in [0.29, 0.717) is 22.8 Å². The molecule has 0 saturated carbocycles. The van der Waals surface area contributed by atoms with Crippen molar-refractivity contribution in [3.05, 3.63) is 28.8 Å². The van der Waals surface area contributed by atoms with E-state index in [1.165, 1.54) is 25.7 Å². The van der Waals surface area contributed by atoms with Gasteiger partial charge in [0.25, 0.3) is 0 Å². The summed E-state index contributed by atoms with van der Waals surface area (Å²) in [6.07, 6.45) is 7.07. The van der Waals surface area contributed by atoms with E-state index in [2.05, 4.69) is 10.2 Å². The second kappa shape index (κ2) is 10.3. The third-order valence-corrected chi connectivity index (χ3v) is 6.15. The molecule has 1 saturated heterocycles. The molecule has 0 radical (unpaired) electrons. The van der Waals surface area contributed by atoms with E-state index in [9.17, 15) is 13.2 Å². The number of nitrogens with zero attached hydrogens (tertiary/aromatic N) is 2. The molecule has 1 aromatic rings. The van der Waals surface area contributed by atoms with Gasteiger partial charge in [0.2, 0.25) is 15.9 Å². The number of halogens is 1. The van der Waals surface area contributed by atoms with Crippen LogP contribution in [0.4, 0.5) is 5.69 Å². The van der Waals surface area contributed by atoms with Crippen LogP contribution >= 0.6 is 11.6 Å². The largest absolute Gasteiger partial charge is 0.354 e. The summed E-state index contributed by atoms with van der Waals surface area (Å²) in [5, 5.41) is 3.37. The fourth-order valence-electron chi connectivity index (χ4n) is 3.36. The Labute approximate surface area is 167 Å². The molecule has 0 atom stereocenters. The Kier molecular flexibility index (Phi) is 8.38. The number of sulfonamides is 1. The molecule has 0 aromatic heterocycles. The van der Waals surface area contributed by atoms with Gasteiger partial charge in [-0.25, -0.2) is 8.42 Å². The Balaban J connectivity index is 1.87. The first-order valence-electron chi connectivity index (χ1n) is 9.50. The Morgan fingerprint density at radius 1 is 1.22 bits per heavy atom. The van der Waals surface area contributed by atoms with Crippen LogP contribution in [0.5, 0.6) is 0 Å². The molecule has 8 heteroatoms. The third-order valence-electron chi connectivity index (χ3n) is 4.79. The lowest BCUT2D eigenvalue weighted by Crippen LogP contribution is -2.41. The fourth-order valence-corrected chi connectivity index (χ4v) is 4.50. The molecule has 1 aliphatic rings. The highest BCUT2D eigenvalue weighted by atomic mass is 35.5. The number of benzene rings is 1. The average Bonchev–Trinajstić information content (AvgIpc) is 2.85. The molecule has 1 N–H and O–H groups in total. The number of rotatable bonds is 8. The van der Waals surface area contributed by atoms with Crippen molar-refractivity contribution in [3.63, 3.8) is 0 Å². The lowest BCUT2D eigenvalue weighted by molar-refractivity contribution is -0.119. The molecule has 1 aromatic carbocycles. The molecule has 27 heavy (non-hydrogen) atoms. The van der Waals surface area contributed by atoms with Crippen molar-refractivity contribution in [1.29, 1.82) is 0 Å². The molecule has 0 aliphatic carbocycles. The van der Waals surface area contributed by atoms with Crippen molar-refractivity contribution < 1.29 is 13.2 Å². The van der Waals surface area contributed by atoms with E-state index in [0.717, 1.165) is 36.6 Å². The van der Waals surface area contributed by atoms with Crippen molar-refractivity contribution in [2.45, 2.75) is 39.0 Å². The third kappa shape index (κ3) is 7.31. The van der Waals surface area contributed by atoms with Gasteiger partial charge in [0.1, 0.15) is 6.54 Å². The average molecular weight is 416 g/mol. The van der Waals surface area contributed by atoms with Gasteiger partial charge in [-0.1, -0.05) is 24.4 Å². The minimum atomic E-state index is -3.58. The first kappa shape index (κ1) is 22.0. The number of hydrogen-bond acceptors (Lipinski definition) is 4. The van der Waals surface area contributed by atoms with Crippen LogP contribution in [0.15, 0.2) is 18.2 Å². The number of amides is 1. The summed E-state index contributed by atoms with van der Waals surface area (Å²) in [6.45, 7) is 5.32. The van der Waals surface area contributed by atoms with Crippen molar-refractivity contribution in [2.24, 2.45) is 0 Å². The minimum Gasteiger partial charge on any atom is -0.354 e. The Morgan fingerprint density at radius 3 is 2.48 bits per heavy atom. The first-order valence-corrected chi connectivity index (χ1v) is 11.7. The highest BCUT2D eigenvalue weighted by Crippen LogP contribution is 2.25. The lowest BCUT2D eigenvalue weighted by atomic mass is 10.2. The topological polar surface area (TPSA) is 69.7 Å². The van der Waals surface area contributed by atoms with Gasteiger partial charge < -0.3 is 10.2 Å². The van der Waals surface area contributed by atoms with Crippen molar-refractivity contribution in [1.82, 2.24) is 10.2 Å². The lowest BCUT2D eigenvalue weighted by Gasteiger charge is -2.24. The van der Waals surface area contributed by atoms with Crippen LogP contribution in [0, 0.1) is 6.92 Å². The summed E-state index contributed by atoms with van der Waals surface area (Å²) >= 11 is 5.95. The van der Waals surface area contributed by atoms with Crippen LogP contribution in [0.1, 0.15) is 37.7 Å². The summed E-state index contributed by atoms with van der Waals surface area (Å²) < 4.78 is 25.5. The van der Waals surface area contributed by atoms with E-state index in [1.807, 2.05) is 0 Å². The summed E-state index contributed by atoms with van der Waals surface area (Å²) in [4.78, 5) is 14.7. The van der Waals surface area contributed by atoms with Crippen LogP contribution in [0.25, 0.3) is 0 Å². The zero-order valence-corrected chi connectivity index (χ0v) is 17.8. The maximum absolute atomic E-state index is 12.3. The summed E-state index contributed by atoms with van der Waals surface area (Å²) in [5.41, 5.74) is 1.18. The molecule has 1 aliphatic heterocycles. The quantitative estimate of drug-likeness (QED) is 0.663. The Hall–Kier alpha value is -1.31. The van der Waals surface area contributed by atoms with Crippen LogP contribution in [0.2, 0.25) is 5.02 Å². The first-order chi connectivity index (χ1) is 12.8. The van der Waals surface area contributed by atoms with Gasteiger partial charge in [-0.2, -0.15) is 0 Å². The number of likely N-dealkylation sites (tertiary alicyclic amines) is 1. The van der Waals surface area contributed by atoms with E-state index in [-0.39, 0.29) is 12.5 Å². The normalized spacial score (nSPS) is 16.0. The van der Waals surface area contributed by atoms with Crippen LogP contribution in [-0.4, -0.2) is 58.2 Å². The maximum atomic E-state index is 12.3. The van der Waals surface area contributed by atoms with E-state index < -0.39 is 10.0 Å². The zero-order valence-electron chi connectivity index (χ0n) is 16.2. The van der Waals surface area contributed by atoms with Crippen molar-refractivity contribution >= 4 is 33.2 Å². The molecule has 6 nitrogen and oxygen atoms in total. The standard InChI is InChI=1S/C19H30ClN3O3S/c1-16-14-17(20)8-9-18(16)23(27(2,25)26)15-19(24)21-10-7-13-22-11-5-3-4-6-12-22/h8-9,14H,3-7,10-13,15H2,1-2H3,(H,21,24). The van der Waals surface area contributed by atoms with Crippen LogP contribution in [0.3, 0.4) is 0 Å². The predicted molar refractivity (Wildman–Crippen MR) is 111 cm³/mol. The number of carbonyl (C=O) groups is 1. The zero-order chi connectivity index (χ0) is 19.9. The Morgan fingerprint density at radius 2 is 1.89 bits per heavy atom. The highest BCUT2D eigenvalue weighted by Gasteiger charge is 2.22. The number of anilines is 1. The second-order valence-electron chi connectivity index (χ2n) is 7.16. The maximum Gasteiger partial charge on any atom is 0.240 e. The van der Waals surface area contributed by atoms with Gasteiger partial charge in [-0.3, -0.25) is 9.10 Å². The molecular formula is C19H30ClN3O3S. The molecule has 152 valence electrons. The van der Waals surface area contributed by atoms with Crippen LogP contribution < -0.4 is 9.62 Å². The van der Waals surface area contributed by atoms with Gasteiger partial charge in [-0.15, -0.1) is 0 Å². The van der Waals surface area contributed by atoms with Crippen LogP contribution in [-0.2, 0) is 14.8 Å². The molecule has 1 heterocycles. The molecule has 2 rings (SSSR count). The summed E-state index contributed by atoms with van der Waals surface area (Å²) in [7, 11) is -3.58. The van der Waals surface area contributed by atoms with E-state index >= 15 is 0 Å². The minimum absolute atomic E-state index is 0.231. The van der Waals surface area contributed by atoms with E-state index in [1.54, 1.807) is 25.1 Å². The van der Waals surface area contributed by atoms with Gasteiger partial charge in [0.15, 0.2) is 0 Å². The molecule has 0 unspecified atom stereocenters.